The van der Waals surface area contributed by atoms with E-state index in [2.05, 4.69) is 15.1 Å². The summed E-state index contributed by atoms with van der Waals surface area (Å²) in [6.07, 6.45) is 1.94. The van der Waals surface area contributed by atoms with Crippen molar-refractivity contribution in [1.82, 2.24) is 9.78 Å². The van der Waals surface area contributed by atoms with Gasteiger partial charge in [0, 0.05) is 13.1 Å². The number of anilines is 2. The van der Waals surface area contributed by atoms with Gasteiger partial charge < -0.3 is 10.1 Å². The molecule has 0 aliphatic carbocycles. The van der Waals surface area contributed by atoms with Crippen molar-refractivity contribution in [2.24, 2.45) is 7.05 Å². The van der Waals surface area contributed by atoms with E-state index in [1.54, 1.807) is 26.1 Å². The first-order valence-electron chi connectivity index (χ1n) is 8.45. The van der Waals surface area contributed by atoms with E-state index in [1.807, 2.05) is 6.92 Å². The minimum atomic E-state index is -3.82. The van der Waals surface area contributed by atoms with Crippen LogP contribution in [-0.2, 0) is 21.9 Å². The SMILES string of the molecule is CCCCC1Oc2ccc(S(=O)(=O)Nc3cc(C)nn3C)cc2NC1=O. The summed E-state index contributed by atoms with van der Waals surface area (Å²) in [4.78, 5) is 12.2. The van der Waals surface area contributed by atoms with Crippen LogP contribution in [0, 0.1) is 6.92 Å². The van der Waals surface area contributed by atoms with Gasteiger partial charge in [0.05, 0.1) is 16.3 Å². The summed E-state index contributed by atoms with van der Waals surface area (Å²) >= 11 is 0. The second-order valence-electron chi connectivity index (χ2n) is 6.30. The van der Waals surface area contributed by atoms with Crippen molar-refractivity contribution < 1.29 is 17.9 Å². The summed E-state index contributed by atoms with van der Waals surface area (Å²) < 4.78 is 34.9. The monoisotopic (exact) mass is 378 g/mol. The van der Waals surface area contributed by atoms with E-state index in [0.717, 1.165) is 12.8 Å². The summed E-state index contributed by atoms with van der Waals surface area (Å²) in [5, 5.41) is 6.85. The lowest BCUT2D eigenvalue weighted by atomic mass is 10.1. The lowest BCUT2D eigenvalue weighted by Crippen LogP contribution is -2.37. The van der Waals surface area contributed by atoms with Crippen LogP contribution in [0.4, 0.5) is 11.5 Å². The summed E-state index contributed by atoms with van der Waals surface area (Å²) in [5.74, 6) is 0.580. The highest BCUT2D eigenvalue weighted by Gasteiger charge is 2.28. The molecule has 2 N–H and O–H groups in total. The Balaban J connectivity index is 1.84. The molecule has 3 rings (SSSR count). The second kappa shape index (κ2) is 6.99. The molecule has 1 unspecified atom stereocenters. The molecule has 1 atom stereocenters. The number of fused-ring (bicyclic) bond motifs is 1. The number of aryl methyl sites for hydroxylation is 2. The highest BCUT2D eigenvalue weighted by Crippen LogP contribution is 2.33. The minimum Gasteiger partial charge on any atom is -0.478 e. The molecule has 1 aliphatic rings. The van der Waals surface area contributed by atoms with Crippen molar-refractivity contribution in [1.29, 1.82) is 0 Å². The summed E-state index contributed by atoms with van der Waals surface area (Å²) in [6.45, 7) is 3.82. The number of nitrogens with zero attached hydrogens (tertiary/aromatic N) is 2. The number of ether oxygens (including phenoxy) is 1. The maximum Gasteiger partial charge on any atom is 0.265 e. The molecule has 0 radical (unpaired) electrons. The highest BCUT2D eigenvalue weighted by atomic mass is 32.2. The van der Waals surface area contributed by atoms with Crippen LogP contribution in [0.25, 0.3) is 0 Å². The van der Waals surface area contributed by atoms with Crippen molar-refractivity contribution in [3.63, 3.8) is 0 Å². The zero-order valence-electron chi connectivity index (χ0n) is 14.9. The second-order valence-corrected chi connectivity index (χ2v) is 7.98. The number of amides is 1. The van der Waals surface area contributed by atoms with E-state index >= 15 is 0 Å². The lowest BCUT2D eigenvalue weighted by molar-refractivity contribution is -0.123. The van der Waals surface area contributed by atoms with Crippen molar-refractivity contribution >= 4 is 27.4 Å². The van der Waals surface area contributed by atoms with Gasteiger partial charge in [-0.3, -0.25) is 14.2 Å². The Kier molecular flexibility index (Phi) is 4.90. The predicted molar refractivity (Wildman–Crippen MR) is 97.8 cm³/mol. The molecule has 0 saturated heterocycles. The third kappa shape index (κ3) is 3.67. The number of rotatable bonds is 6. The average Bonchev–Trinajstić information content (AvgIpc) is 2.89. The van der Waals surface area contributed by atoms with Gasteiger partial charge in [-0.2, -0.15) is 5.10 Å². The fourth-order valence-corrected chi connectivity index (χ4v) is 3.88. The summed E-state index contributed by atoms with van der Waals surface area (Å²) in [5.41, 5.74) is 1.06. The Hall–Kier alpha value is -2.55. The number of hydrogen-bond acceptors (Lipinski definition) is 5. The zero-order valence-corrected chi connectivity index (χ0v) is 15.8. The van der Waals surface area contributed by atoms with Gasteiger partial charge >= 0.3 is 0 Å². The summed E-state index contributed by atoms with van der Waals surface area (Å²) in [6, 6.07) is 6.06. The largest absolute Gasteiger partial charge is 0.478 e. The maximum atomic E-state index is 12.6. The number of aromatic nitrogens is 2. The molecule has 1 aliphatic heterocycles. The molecule has 8 nitrogen and oxygen atoms in total. The van der Waals surface area contributed by atoms with Crippen molar-refractivity contribution in [2.75, 3.05) is 10.0 Å². The molecule has 0 saturated carbocycles. The Morgan fingerprint density at radius 2 is 2.12 bits per heavy atom. The van der Waals surface area contributed by atoms with Gasteiger partial charge in [0.15, 0.2) is 6.10 Å². The Labute approximate surface area is 152 Å². The van der Waals surface area contributed by atoms with E-state index < -0.39 is 16.1 Å². The number of carbonyl (C=O) groups excluding carboxylic acids is 1. The van der Waals surface area contributed by atoms with Gasteiger partial charge in [0.2, 0.25) is 0 Å². The fraction of sp³-hybridized carbons (Fsp3) is 0.412. The molecular weight excluding hydrogens is 356 g/mol. The van der Waals surface area contributed by atoms with Gasteiger partial charge in [-0.25, -0.2) is 8.42 Å². The number of nitrogens with one attached hydrogen (secondary N) is 2. The number of sulfonamides is 1. The van der Waals surface area contributed by atoms with E-state index in [1.165, 1.54) is 16.8 Å². The zero-order chi connectivity index (χ0) is 18.9. The van der Waals surface area contributed by atoms with Crippen LogP contribution in [0.15, 0.2) is 29.2 Å². The first kappa shape index (κ1) is 18.2. The standard InChI is InChI=1S/C17H22N4O4S/c1-4-5-6-15-17(22)18-13-10-12(7-8-14(13)25-15)26(23,24)20-16-9-11(2)19-21(16)3/h7-10,15,20H,4-6H2,1-3H3,(H,18,22). The molecule has 2 aromatic rings. The van der Waals surface area contributed by atoms with Crippen LogP contribution >= 0.6 is 0 Å². The smallest absolute Gasteiger partial charge is 0.265 e. The van der Waals surface area contributed by atoms with Crippen LogP contribution in [0.2, 0.25) is 0 Å². The first-order chi connectivity index (χ1) is 12.3. The quantitative estimate of drug-likeness (QED) is 0.804. The van der Waals surface area contributed by atoms with E-state index in [-0.39, 0.29) is 10.8 Å². The van der Waals surface area contributed by atoms with Gasteiger partial charge in [-0.1, -0.05) is 13.3 Å². The molecule has 1 amide bonds. The lowest BCUT2D eigenvalue weighted by Gasteiger charge is -2.26. The first-order valence-corrected chi connectivity index (χ1v) is 9.93. The molecule has 26 heavy (non-hydrogen) atoms. The van der Waals surface area contributed by atoms with Gasteiger partial charge in [-0.05, 0) is 38.0 Å². The number of unbranched alkanes of at least 4 members (excludes halogenated alkanes) is 1. The van der Waals surface area contributed by atoms with E-state index in [4.69, 9.17) is 4.74 Å². The number of hydrogen-bond donors (Lipinski definition) is 2. The molecule has 0 fully saturated rings. The minimum absolute atomic E-state index is 0.0333. The topological polar surface area (TPSA) is 102 Å². The maximum absolute atomic E-state index is 12.6. The average molecular weight is 378 g/mol. The third-order valence-electron chi connectivity index (χ3n) is 4.14. The van der Waals surface area contributed by atoms with Crippen LogP contribution in [0.3, 0.4) is 0 Å². The normalized spacial score (nSPS) is 16.6. The number of benzene rings is 1. The van der Waals surface area contributed by atoms with Crippen molar-refractivity contribution in [3.8, 4) is 5.75 Å². The van der Waals surface area contributed by atoms with Gasteiger partial charge in [0.1, 0.15) is 11.6 Å². The molecule has 0 bridgehead atoms. The molecule has 1 aromatic heterocycles. The Bertz CT molecular complexity index is 936. The molecule has 1 aromatic carbocycles. The van der Waals surface area contributed by atoms with Gasteiger partial charge in [-0.15, -0.1) is 0 Å². The van der Waals surface area contributed by atoms with Crippen LogP contribution < -0.4 is 14.8 Å². The molecule has 140 valence electrons. The van der Waals surface area contributed by atoms with Gasteiger partial charge in [0.25, 0.3) is 15.9 Å². The molecular formula is C17H22N4O4S. The van der Waals surface area contributed by atoms with Crippen LogP contribution in [0.5, 0.6) is 5.75 Å². The van der Waals surface area contributed by atoms with Crippen molar-refractivity contribution in [3.05, 3.63) is 30.0 Å². The fourth-order valence-electron chi connectivity index (χ4n) is 2.78. The van der Waals surface area contributed by atoms with E-state index in [9.17, 15) is 13.2 Å². The predicted octanol–water partition coefficient (Wildman–Crippen LogP) is 2.42. The van der Waals surface area contributed by atoms with Crippen molar-refractivity contribution in [2.45, 2.75) is 44.1 Å². The highest BCUT2D eigenvalue weighted by molar-refractivity contribution is 7.92. The molecule has 9 heteroatoms. The third-order valence-corrected chi connectivity index (χ3v) is 5.49. The Morgan fingerprint density at radius 3 is 2.77 bits per heavy atom. The van der Waals surface area contributed by atoms with E-state index in [0.29, 0.717) is 29.4 Å². The van der Waals surface area contributed by atoms with Crippen LogP contribution in [0.1, 0.15) is 31.9 Å². The van der Waals surface area contributed by atoms with Crippen LogP contribution in [-0.4, -0.2) is 30.2 Å². The number of carbonyl (C=O) groups is 1. The molecule has 2 heterocycles. The Morgan fingerprint density at radius 1 is 1.35 bits per heavy atom. The molecule has 0 spiro atoms. The summed E-state index contributed by atoms with van der Waals surface area (Å²) in [7, 11) is -2.16.